The van der Waals surface area contributed by atoms with E-state index in [1.165, 1.54) is 6.42 Å². The molecular formula is C11H23NO. The molecule has 3 unspecified atom stereocenters. The summed E-state index contributed by atoms with van der Waals surface area (Å²) in [5.74, 6) is 1.43. The highest BCUT2D eigenvalue weighted by atomic mass is 16.3. The van der Waals surface area contributed by atoms with Crippen molar-refractivity contribution in [2.75, 3.05) is 14.1 Å². The van der Waals surface area contributed by atoms with Crippen LogP contribution < -0.4 is 0 Å². The second-order valence-corrected chi connectivity index (χ2v) is 4.71. The second kappa shape index (κ2) is 4.43. The molecule has 0 aliphatic heterocycles. The molecule has 78 valence electrons. The summed E-state index contributed by atoms with van der Waals surface area (Å²) in [5.41, 5.74) is 0. The zero-order chi connectivity index (χ0) is 10.0. The fraction of sp³-hybridized carbons (Fsp3) is 1.00. The van der Waals surface area contributed by atoms with Crippen LogP contribution in [0.5, 0.6) is 0 Å². The minimum absolute atomic E-state index is 0.0785. The number of hydrogen-bond donors (Lipinski definition) is 1. The Hall–Kier alpha value is -0.0800. The molecule has 0 radical (unpaired) electrons. The summed E-state index contributed by atoms with van der Waals surface area (Å²) in [6, 6.07) is 0.573. The molecule has 0 saturated heterocycles. The lowest BCUT2D eigenvalue weighted by atomic mass is 9.74. The summed E-state index contributed by atoms with van der Waals surface area (Å²) in [7, 11) is 4.25. The average molecular weight is 185 g/mol. The summed E-state index contributed by atoms with van der Waals surface area (Å²) < 4.78 is 0. The van der Waals surface area contributed by atoms with Gasteiger partial charge in [0.1, 0.15) is 0 Å². The van der Waals surface area contributed by atoms with Crippen molar-refractivity contribution in [1.29, 1.82) is 0 Å². The van der Waals surface area contributed by atoms with Gasteiger partial charge in [-0.2, -0.15) is 0 Å². The van der Waals surface area contributed by atoms with Crippen molar-refractivity contribution in [2.45, 2.75) is 45.3 Å². The van der Waals surface area contributed by atoms with Crippen LogP contribution in [-0.4, -0.2) is 36.2 Å². The Morgan fingerprint density at radius 3 is 2.38 bits per heavy atom. The molecule has 0 aromatic heterocycles. The lowest BCUT2D eigenvalue weighted by Gasteiger charge is -2.42. The molecule has 0 heterocycles. The van der Waals surface area contributed by atoms with Gasteiger partial charge in [-0.05, 0) is 38.8 Å². The molecule has 0 aromatic rings. The quantitative estimate of drug-likeness (QED) is 0.708. The first-order chi connectivity index (χ1) is 6.06. The van der Waals surface area contributed by atoms with E-state index in [2.05, 4.69) is 32.8 Å². The third-order valence-electron chi connectivity index (χ3n) is 3.52. The third kappa shape index (κ3) is 2.44. The minimum Gasteiger partial charge on any atom is -0.393 e. The monoisotopic (exact) mass is 185 g/mol. The van der Waals surface area contributed by atoms with E-state index in [1.807, 2.05) is 0 Å². The van der Waals surface area contributed by atoms with Gasteiger partial charge in [-0.3, -0.25) is 0 Å². The van der Waals surface area contributed by atoms with E-state index in [-0.39, 0.29) is 6.10 Å². The third-order valence-corrected chi connectivity index (χ3v) is 3.52. The van der Waals surface area contributed by atoms with Crippen LogP contribution in [0.1, 0.15) is 33.1 Å². The normalized spacial score (nSPS) is 41.1. The maximum atomic E-state index is 9.69. The van der Waals surface area contributed by atoms with E-state index in [0.717, 1.165) is 18.8 Å². The zero-order valence-corrected chi connectivity index (χ0v) is 9.33. The molecule has 0 spiro atoms. The second-order valence-electron chi connectivity index (χ2n) is 4.71. The Morgan fingerprint density at radius 1 is 1.31 bits per heavy atom. The van der Waals surface area contributed by atoms with Gasteiger partial charge in [0, 0.05) is 6.04 Å². The van der Waals surface area contributed by atoms with Crippen molar-refractivity contribution in [3.8, 4) is 0 Å². The van der Waals surface area contributed by atoms with Gasteiger partial charge in [-0.15, -0.1) is 0 Å². The molecule has 1 saturated carbocycles. The topological polar surface area (TPSA) is 23.5 Å². The Labute approximate surface area is 81.9 Å². The number of rotatable bonds is 2. The van der Waals surface area contributed by atoms with Crippen LogP contribution in [0.15, 0.2) is 0 Å². The van der Waals surface area contributed by atoms with Gasteiger partial charge in [0.2, 0.25) is 0 Å². The first kappa shape index (κ1) is 11.0. The lowest BCUT2D eigenvalue weighted by Crippen LogP contribution is -2.45. The van der Waals surface area contributed by atoms with Gasteiger partial charge in [0.05, 0.1) is 6.10 Å². The summed E-state index contributed by atoms with van der Waals surface area (Å²) >= 11 is 0. The van der Waals surface area contributed by atoms with Crippen molar-refractivity contribution in [1.82, 2.24) is 4.90 Å². The summed E-state index contributed by atoms with van der Waals surface area (Å²) in [4.78, 5) is 2.27. The van der Waals surface area contributed by atoms with Gasteiger partial charge < -0.3 is 10.0 Å². The highest BCUT2D eigenvalue weighted by Gasteiger charge is 2.34. The van der Waals surface area contributed by atoms with Crippen LogP contribution in [0, 0.1) is 11.8 Å². The number of aliphatic hydroxyl groups excluding tert-OH is 1. The molecule has 1 rings (SSSR count). The molecule has 0 bridgehead atoms. The van der Waals surface area contributed by atoms with Crippen molar-refractivity contribution >= 4 is 0 Å². The maximum absolute atomic E-state index is 9.69. The smallest absolute Gasteiger partial charge is 0.0557 e. The van der Waals surface area contributed by atoms with Crippen molar-refractivity contribution in [3.63, 3.8) is 0 Å². The van der Waals surface area contributed by atoms with Crippen molar-refractivity contribution < 1.29 is 5.11 Å². The summed E-state index contributed by atoms with van der Waals surface area (Å²) in [6.45, 7) is 4.53. The molecule has 1 fully saturated rings. The Balaban J connectivity index is 2.66. The van der Waals surface area contributed by atoms with Crippen LogP contribution >= 0.6 is 0 Å². The minimum atomic E-state index is -0.0785. The van der Waals surface area contributed by atoms with Gasteiger partial charge in [0.15, 0.2) is 0 Å². The fourth-order valence-electron chi connectivity index (χ4n) is 2.80. The van der Waals surface area contributed by atoms with Gasteiger partial charge in [-0.25, -0.2) is 0 Å². The standard InChI is InChI=1S/C11H23NO/c1-5-10-8(2)6-9(13)7-11(10)12(3)4/h8-11,13H,5-7H2,1-4H3/t8-,9?,10?,11?/m0/s1. The van der Waals surface area contributed by atoms with Crippen LogP contribution in [0.25, 0.3) is 0 Å². The Bertz CT molecular complexity index is 158. The van der Waals surface area contributed by atoms with E-state index < -0.39 is 0 Å². The largest absolute Gasteiger partial charge is 0.393 e. The van der Waals surface area contributed by atoms with E-state index in [4.69, 9.17) is 0 Å². The average Bonchev–Trinajstić information content (AvgIpc) is 2.02. The van der Waals surface area contributed by atoms with E-state index in [0.29, 0.717) is 12.0 Å². The molecule has 1 aliphatic carbocycles. The Kier molecular flexibility index (Phi) is 3.74. The van der Waals surface area contributed by atoms with Gasteiger partial charge in [-0.1, -0.05) is 20.3 Å². The number of aliphatic hydroxyl groups is 1. The van der Waals surface area contributed by atoms with E-state index >= 15 is 0 Å². The molecule has 1 N–H and O–H groups in total. The van der Waals surface area contributed by atoms with E-state index in [9.17, 15) is 5.11 Å². The molecule has 2 nitrogen and oxygen atoms in total. The van der Waals surface area contributed by atoms with Crippen LogP contribution in [-0.2, 0) is 0 Å². The first-order valence-electron chi connectivity index (χ1n) is 5.40. The lowest BCUT2D eigenvalue weighted by molar-refractivity contribution is 0.0142. The maximum Gasteiger partial charge on any atom is 0.0557 e. The van der Waals surface area contributed by atoms with Crippen molar-refractivity contribution in [3.05, 3.63) is 0 Å². The number of nitrogens with zero attached hydrogens (tertiary/aromatic N) is 1. The SMILES string of the molecule is CCC1C(N(C)C)CC(O)C[C@@H]1C. The molecule has 13 heavy (non-hydrogen) atoms. The van der Waals surface area contributed by atoms with Gasteiger partial charge in [0.25, 0.3) is 0 Å². The summed E-state index contributed by atoms with van der Waals surface area (Å²) in [6.07, 6.45) is 3.10. The molecule has 1 aliphatic rings. The van der Waals surface area contributed by atoms with Crippen molar-refractivity contribution in [2.24, 2.45) is 11.8 Å². The Morgan fingerprint density at radius 2 is 1.92 bits per heavy atom. The zero-order valence-electron chi connectivity index (χ0n) is 9.33. The van der Waals surface area contributed by atoms with Gasteiger partial charge >= 0.3 is 0 Å². The molecule has 2 heteroatoms. The van der Waals surface area contributed by atoms with Crippen LogP contribution in [0.4, 0.5) is 0 Å². The molecule has 0 aromatic carbocycles. The predicted octanol–water partition coefficient (Wildman–Crippen LogP) is 1.73. The highest BCUT2D eigenvalue weighted by molar-refractivity contribution is 4.87. The molecular weight excluding hydrogens is 162 g/mol. The number of hydrogen-bond acceptors (Lipinski definition) is 2. The molecule has 4 atom stereocenters. The predicted molar refractivity (Wildman–Crippen MR) is 55.7 cm³/mol. The molecule has 0 amide bonds. The van der Waals surface area contributed by atoms with Crippen LogP contribution in [0.2, 0.25) is 0 Å². The first-order valence-corrected chi connectivity index (χ1v) is 5.40. The van der Waals surface area contributed by atoms with E-state index in [1.54, 1.807) is 0 Å². The summed E-state index contributed by atoms with van der Waals surface area (Å²) in [5, 5.41) is 9.69. The fourth-order valence-corrected chi connectivity index (χ4v) is 2.80. The highest BCUT2D eigenvalue weighted by Crippen LogP contribution is 2.34. The van der Waals surface area contributed by atoms with Crippen LogP contribution in [0.3, 0.4) is 0 Å².